The van der Waals surface area contributed by atoms with E-state index in [0.717, 1.165) is 35.2 Å². The number of nitrogens with one attached hydrogen (secondary N) is 1. The molecule has 0 radical (unpaired) electrons. The molecule has 5 nitrogen and oxygen atoms in total. The van der Waals surface area contributed by atoms with Gasteiger partial charge in [0.15, 0.2) is 0 Å². The summed E-state index contributed by atoms with van der Waals surface area (Å²) in [6, 6.07) is 16.7. The highest BCUT2D eigenvalue weighted by molar-refractivity contribution is 5.84. The Labute approximate surface area is 170 Å². The molecule has 1 aliphatic heterocycles. The number of hydrogen-bond donors (Lipinski definition) is 1. The van der Waals surface area contributed by atoms with Crippen molar-refractivity contribution in [3.63, 3.8) is 0 Å². The number of ether oxygens (including phenoxy) is 1. The van der Waals surface area contributed by atoms with Crippen molar-refractivity contribution < 1.29 is 13.9 Å². The molecule has 1 atom stereocenters. The summed E-state index contributed by atoms with van der Waals surface area (Å²) >= 11 is 0. The third-order valence-corrected chi connectivity index (χ3v) is 5.55. The van der Waals surface area contributed by atoms with E-state index in [9.17, 15) is 9.18 Å². The lowest BCUT2D eigenvalue weighted by molar-refractivity contribution is -0.122. The number of aryl methyl sites for hydroxylation is 1. The first kappa shape index (κ1) is 19.6. The maximum absolute atomic E-state index is 13.4. The third-order valence-electron chi connectivity index (χ3n) is 5.55. The Morgan fingerprint density at radius 1 is 1.14 bits per heavy atom. The van der Waals surface area contributed by atoms with Crippen molar-refractivity contribution in [1.82, 2.24) is 14.8 Å². The van der Waals surface area contributed by atoms with E-state index in [0.29, 0.717) is 19.8 Å². The summed E-state index contributed by atoms with van der Waals surface area (Å²) in [5.41, 5.74) is 3.12. The maximum atomic E-state index is 13.4. The number of amides is 1. The first-order valence-corrected chi connectivity index (χ1v) is 10.0. The van der Waals surface area contributed by atoms with E-state index >= 15 is 0 Å². The Hall–Kier alpha value is -2.70. The van der Waals surface area contributed by atoms with Gasteiger partial charge in [0, 0.05) is 30.8 Å². The molecule has 3 aromatic rings. The predicted octanol–water partition coefficient (Wildman–Crippen LogP) is 3.28. The zero-order valence-electron chi connectivity index (χ0n) is 16.6. The van der Waals surface area contributed by atoms with Crippen LogP contribution >= 0.6 is 0 Å². The van der Waals surface area contributed by atoms with Gasteiger partial charge in [-0.1, -0.05) is 30.3 Å². The maximum Gasteiger partial charge on any atom is 0.240 e. The van der Waals surface area contributed by atoms with Gasteiger partial charge in [0.25, 0.3) is 0 Å². The van der Waals surface area contributed by atoms with Gasteiger partial charge in [-0.05, 0) is 42.1 Å². The van der Waals surface area contributed by atoms with E-state index in [2.05, 4.69) is 22.3 Å². The molecule has 1 aliphatic rings. The Morgan fingerprint density at radius 2 is 1.86 bits per heavy atom. The van der Waals surface area contributed by atoms with E-state index in [-0.39, 0.29) is 24.3 Å². The summed E-state index contributed by atoms with van der Waals surface area (Å²) in [6.07, 6.45) is 0. The molecule has 1 aromatic heterocycles. The van der Waals surface area contributed by atoms with E-state index in [1.54, 1.807) is 12.1 Å². The van der Waals surface area contributed by atoms with Crippen LogP contribution in [0.3, 0.4) is 0 Å². The van der Waals surface area contributed by atoms with Crippen LogP contribution in [0.25, 0.3) is 10.9 Å². The second kappa shape index (κ2) is 8.76. The number of rotatable bonds is 6. The molecule has 152 valence electrons. The van der Waals surface area contributed by atoms with Crippen LogP contribution in [-0.2, 0) is 16.1 Å². The van der Waals surface area contributed by atoms with Gasteiger partial charge in [-0.2, -0.15) is 0 Å². The lowest BCUT2D eigenvalue weighted by atomic mass is 10.0. The van der Waals surface area contributed by atoms with E-state index < -0.39 is 0 Å². The fourth-order valence-corrected chi connectivity index (χ4v) is 4.00. The van der Waals surface area contributed by atoms with E-state index in [4.69, 9.17) is 4.74 Å². The Morgan fingerprint density at radius 3 is 2.62 bits per heavy atom. The molecular formula is C23H26FN3O2. The quantitative estimate of drug-likeness (QED) is 0.697. The van der Waals surface area contributed by atoms with Gasteiger partial charge in [-0.25, -0.2) is 4.39 Å². The molecule has 0 saturated carbocycles. The molecule has 29 heavy (non-hydrogen) atoms. The standard InChI is InChI=1S/C23H26FN3O2/c1-17-14-19-4-2-3-5-21(19)27(17)16-23(28)25-15-22(26-10-12-29-13-11-26)18-6-8-20(24)9-7-18/h2-9,14,22H,10-13,15-16H2,1H3,(H,25,28)/t22-/m0/s1. The molecule has 1 N–H and O–H groups in total. The van der Waals surface area contributed by atoms with Crippen LogP contribution in [0.4, 0.5) is 4.39 Å². The second-order valence-electron chi connectivity index (χ2n) is 7.45. The summed E-state index contributed by atoms with van der Waals surface area (Å²) in [4.78, 5) is 15.0. The highest BCUT2D eigenvalue weighted by atomic mass is 19.1. The van der Waals surface area contributed by atoms with E-state index in [1.807, 2.05) is 29.7 Å². The molecular weight excluding hydrogens is 369 g/mol. The molecule has 0 bridgehead atoms. The highest BCUT2D eigenvalue weighted by Crippen LogP contribution is 2.22. The van der Waals surface area contributed by atoms with Crippen LogP contribution in [-0.4, -0.2) is 48.2 Å². The lowest BCUT2D eigenvalue weighted by Gasteiger charge is -2.35. The van der Waals surface area contributed by atoms with Crippen molar-refractivity contribution in [2.24, 2.45) is 0 Å². The van der Waals surface area contributed by atoms with Gasteiger partial charge in [0.05, 0.1) is 19.3 Å². The average Bonchev–Trinajstić information content (AvgIpc) is 3.05. The average molecular weight is 395 g/mol. The molecule has 0 spiro atoms. The van der Waals surface area contributed by atoms with Gasteiger partial charge in [-0.15, -0.1) is 0 Å². The number of morpholine rings is 1. The Balaban J connectivity index is 1.47. The first-order chi connectivity index (χ1) is 14.1. The molecule has 0 aliphatic carbocycles. The molecule has 1 fully saturated rings. The van der Waals surface area contributed by atoms with Crippen LogP contribution in [0.1, 0.15) is 17.3 Å². The number of hydrogen-bond acceptors (Lipinski definition) is 3. The molecule has 1 saturated heterocycles. The molecule has 0 unspecified atom stereocenters. The minimum atomic E-state index is -0.256. The van der Waals surface area contributed by atoms with E-state index in [1.165, 1.54) is 12.1 Å². The van der Waals surface area contributed by atoms with Crippen LogP contribution in [0, 0.1) is 12.7 Å². The normalized spacial score (nSPS) is 16.1. The molecule has 2 heterocycles. The summed E-state index contributed by atoms with van der Waals surface area (Å²) in [5.74, 6) is -0.289. The monoisotopic (exact) mass is 395 g/mol. The van der Waals surface area contributed by atoms with Crippen molar-refractivity contribution in [1.29, 1.82) is 0 Å². The number of para-hydroxylation sites is 1. The number of carbonyl (C=O) groups excluding carboxylic acids is 1. The summed E-state index contributed by atoms with van der Waals surface area (Å²) in [7, 11) is 0. The largest absolute Gasteiger partial charge is 0.379 e. The fraction of sp³-hybridized carbons (Fsp3) is 0.348. The van der Waals surface area contributed by atoms with Gasteiger partial charge >= 0.3 is 0 Å². The number of carbonyl (C=O) groups is 1. The fourth-order valence-electron chi connectivity index (χ4n) is 4.00. The highest BCUT2D eigenvalue weighted by Gasteiger charge is 2.23. The number of fused-ring (bicyclic) bond motifs is 1. The molecule has 1 amide bonds. The second-order valence-corrected chi connectivity index (χ2v) is 7.45. The number of nitrogens with zero attached hydrogens (tertiary/aromatic N) is 2. The Kier molecular flexibility index (Phi) is 5.92. The molecule has 6 heteroatoms. The minimum absolute atomic E-state index is 0.00838. The Bertz CT molecular complexity index is 977. The van der Waals surface area contributed by atoms with Gasteiger partial charge < -0.3 is 14.6 Å². The topological polar surface area (TPSA) is 46.5 Å². The van der Waals surface area contributed by atoms with Crippen LogP contribution in [0.15, 0.2) is 54.6 Å². The number of halogens is 1. The number of benzene rings is 2. The van der Waals surface area contributed by atoms with Crippen molar-refractivity contribution in [3.05, 3.63) is 71.7 Å². The van der Waals surface area contributed by atoms with Crippen molar-refractivity contribution >= 4 is 16.8 Å². The SMILES string of the molecule is Cc1cc2ccccc2n1CC(=O)NC[C@@H](c1ccc(F)cc1)N1CCOCC1. The van der Waals surface area contributed by atoms with Gasteiger partial charge in [-0.3, -0.25) is 9.69 Å². The van der Waals surface area contributed by atoms with Gasteiger partial charge in [0.1, 0.15) is 12.4 Å². The summed E-state index contributed by atoms with van der Waals surface area (Å²) < 4.78 is 20.9. The van der Waals surface area contributed by atoms with Crippen molar-refractivity contribution in [2.75, 3.05) is 32.8 Å². The summed E-state index contributed by atoms with van der Waals surface area (Å²) in [6.45, 7) is 5.68. The van der Waals surface area contributed by atoms with Crippen LogP contribution in [0.5, 0.6) is 0 Å². The minimum Gasteiger partial charge on any atom is -0.379 e. The molecule has 4 rings (SSSR count). The van der Waals surface area contributed by atoms with Gasteiger partial charge in [0.2, 0.25) is 5.91 Å². The molecule has 2 aromatic carbocycles. The zero-order valence-corrected chi connectivity index (χ0v) is 16.6. The third kappa shape index (κ3) is 4.49. The van der Waals surface area contributed by atoms with Crippen molar-refractivity contribution in [3.8, 4) is 0 Å². The zero-order chi connectivity index (χ0) is 20.2. The smallest absolute Gasteiger partial charge is 0.240 e. The first-order valence-electron chi connectivity index (χ1n) is 10.0. The lowest BCUT2D eigenvalue weighted by Crippen LogP contribution is -2.44. The van der Waals surface area contributed by atoms with Crippen LogP contribution < -0.4 is 5.32 Å². The predicted molar refractivity (Wildman–Crippen MR) is 111 cm³/mol. The number of aromatic nitrogens is 1. The van der Waals surface area contributed by atoms with Crippen LogP contribution in [0.2, 0.25) is 0 Å². The summed E-state index contributed by atoms with van der Waals surface area (Å²) in [5, 5.41) is 4.22. The van der Waals surface area contributed by atoms with Crippen molar-refractivity contribution in [2.45, 2.75) is 19.5 Å².